The normalized spacial score (nSPS) is 19.8. The van der Waals surface area contributed by atoms with E-state index in [4.69, 9.17) is 9.47 Å². The number of piperidine rings is 1. The second kappa shape index (κ2) is 11.8. The molecule has 0 bridgehead atoms. The molecule has 2 aromatic carbocycles. The number of ether oxygens (including phenoxy) is 2. The molecule has 4 rings (SSSR count). The van der Waals surface area contributed by atoms with Gasteiger partial charge in [-0.2, -0.15) is 0 Å². The largest absolute Gasteiger partial charge is 0.484 e. The van der Waals surface area contributed by atoms with Gasteiger partial charge < -0.3 is 19.7 Å². The van der Waals surface area contributed by atoms with Crippen LogP contribution in [0.25, 0.3) is 0 Å². The van der Waals surface area contributed by atoms with Gasteiger partial charge in [-0.1, -0.05) is 48.5 Å². The summed E-state index contributed by atoms with van der Waals surface area (Å²) in [6.45, 7) is 5.00. The van der Waals surface area contributed by atoms with Crippen LogP contribution in [-0.2, 0) is 20.9 Å². The molecule has 1 N–H and O–H groups in total. The lowest BCUT2D eigenvalue weighted by atomic mass is 9.96. The molecular formula is C26H33N3O4. The molecule has 1 unspecified atom stereocenters. The Bertz CT molecular complexity index is 885. The topological polar surface area (TPSA) is 71.1 Å². The molecule has 2 fully saturated rings. The minimum atomic E-state index is -0.0619. The van der Waals surface area contributed by atoms with Crippen molar-refractivity contribution in [2.24, 2.45) is 5.92 Å². The number of benzene rings is 2. The van der Waals surface area contributed by atoms with E-state index >= 15 is 0 Å². The Balaban J connectivity index is 1.14. The van der Waals surface area contributed by atoms with Crippen molar-refractivity contribution < 1.29 is 19.1 Å². The van der Waals surface area contributed by atoms with Crippen molar-refractivity contribution in [3.05, 3.63) is 66.2 Å². The van der Waals surface area contributed by atoms with Gasteiger partial charge in [0.1, 0.15) is 5.75 Å². The van der Waals surface area contributed by atoms with Gasteiger partial charge in [-0.15, -0.1) is 0 Å². The molecule has 2 aromatic rings. The van der Waals surface area contributed by atoms with Gasteiger partial charge in [0.15, 0.2) is 6.61 Å². The molecule has 2 amide bonds. The zero-order chi connectivity index (χ0) is 22.9. The lowest BCUT2D eigenvalue weighted by Crippen LogP contribution is -2.49. The van der Waals surface area contributed by atoms with Gasteiger partial charge in [0.05, 0.1) is 12.7 Å². The number of likely N-dealkylation sites (tertiary alicyclic amines) is 1. The van der Waals surface area contributed by atoms with E-state index in [1.165, 1.54) is 5.56 Å². The van der Waals surface area contributed by atoms with Crippen LogP contribution in [0.3, 0.4) is 0 Å². The van der Waals surface area contributed by atoms with Crippen molar-refractivity contribution in [3.8, 4) is 5.75 Å². The number of hydrogen-bond donors (Lipinski definition) is 1. The molecule has 7 heteroatoms. The maximum Gasteiger partial charge on any atom is 0.260 e. The fourth-order valence-electron chi connectivity index (χ4n) is 4.39. The third-order valence-corrected chi connectivity index (χ3v) is 6.30. The zero-order valence-corrected chi connectivity index (χ0v) is 19.0. The van der Waals surface area contributed by atoms with Gasteiger partial charge in [-0.25, -0.2) is 0 Å². The van der Waals surface area contributed by atoms with Crippen LogP contribution in [0.2, 0.25) is 0 Å². The van der Waals surface area contributed by atoms with E-state index in [0.717, 1.165) is 19.6 Å². The van der Waals surface area contributed by atoms with Crippen molar-refractivity contribution in [1.29, 1.82) is 0 Å². The number of nitrogens with one attached hydrogen (secondary N) is 1. The van der Waals surface area contributed by atoms with Gasteiger partial charge >= 0.3 is 0 Å². The van der Waals surface area contributed by atoms with Crippen molar-refractivity contribution >= 4 is 11.8 Å². The summed E-state index contributed by atoms with van der Waals surface area (Å²) in [6.07, 6.45) is 1.35. The van der Waals surface area contributed by atoms with Crippen LogP contribution < -0.4 is 10.1 Å². The Morgan fingerprint density at radius 3 is 2.39 bits per heavy atom. The highest BCUT2D eigenvalue weighted by Crippen LogP contribution is 2.18. The Kier molecular flexibility index (Phi) is 8.33. The quantitative estimate of drug-likeness (QED) is 0.667. The second-order valence-corrected chi connectivity index (χ2v) is 8.72. The Hall–Kier alpha value is -2.90. The molecule has 2 heterocycles. The highest BCUT2D eigenvalue weighted by molar-refractivity contribution is 5.80. The molecule has 0 radical (unpaired) electrons. The fourth-order valence-corrected chi connectivity index (χ4v) is 4.39. The van der Waals surface area contributed by atoms with Crippen LogP contribution in [0.5, 0.6) is 5.75 Å². The summed E-state index contributed by atoms with van der Waals surface area (Å²) in [6, 6.07) is 19.7. The van der Waals surface area contributed by atoms with E-state index < -0.39 is 0 Å². The third-order valence-electron chi connectivity index (χ3n) is 6.30. The van der Waals surface area contributed by atoms with Crippen LogP contribution in [0.1, 0.15) is 18.4 Å². The number of rotatable bonds is 8. The summed E-state index contributed by atoms with van der Waals surface area (Å²) in [4.78, 5) is 29.3. The lowest BCUT2D eigenvalue weighted by molar-refractivity contribution is -0.137. The molecule has 176 valence electrons. The number of morpholine rings is 1. The van der Waals surface area contributed by atoms with Crippen LogP contribution in [-0.4, -0.2) is 73.7 Å². The maximum atomic E-state index is 12.7. The summed E-state index contributed by atoms with van der Waals surface area (Å²) in [5.74, 6) is 0.652. The smallest absolute Gasteiger partial charge is 0.260 e. The predicted molar refractivity (Wildman–Crippen MR) is 126 cm³/mol. The van der Waals surface area contributed by atoms with Crippen LogP contribution >= 0.6 is 0 Å². The summed E-state index contributed by atoms with van der Waals surface area (Å²) < 4.78 is 11.4. The first-order valence-electron chi connectivity index (χ1n) is 11.8. The molecule has 33 heavy (non-hydrogen) atoms. The summed E-state index contributed by atoms with van der Waals surface area (Å²) in [5.41, 5.74) is 1.29. The third kappa shape index (κ3) is 7.04. The Labute approximate surface area is 195 Å². The number of hydrogen-bond acceptors (Lipinski definition) is 5. The fraction of sp³-hybridized carbons (Fsp3) is 0.462. The van der Waals surface area contributed by atoms with E-state index in [-0.39, 0.29) is 30.4 Å². The molecule has 0 spiro atoms. The number of carbonyl (C=O) groups excluding carboxylic acids is 2. The van der Waals surface area contributed by atoms with E-state index in [0.29, 0.717) is 44.8 Å². The summed E-state index contributed by atoms with van der Waals surface area (Å²) in [5, 5.41) is 3.08. The first kappa shape index (κ1) is 23.3. The average molecular weight is 452 g/mol. The molecule has 0 aromatic heterocycles. The van der Waals surface area contributed by atoms with E-state index in [1.807, 2.05) is 36.4 Å². The van der Waals surface area contributed by atoms with Crippen molar-refractivity contribution in [3.63, 3.8) is 0 Å². The van der Waals surface area contributed by atoms with Crippen LogP contribution in [0.4, 0.5) is 0 Å². The van der Waals surface area contributed by atoms with Gasteiger partial charge in [-0.3, -0.25) is 14.5 Å². The van der Waals surface area contributed by atoms with Crippen molar-refractivity contribution in [2.75, 3.05) is 45.9 Å². The predicted octanol–water partition coefficient (Wildman–Crippen LogP) is 2.32. The van der Waals surface area contributed by atoms with Gasteiger partial charge in [0.25, 0.3) is 5.91 Å². The highest BCUT2D eigenvalue weighted by atomic mass is 16.5. The van der Waals surface area contributed by atoms with Gasteiger partial charge in [0, 0.05) is 45.2 Å². The summed E-state index contributed by atoms with van der Waals surface area (Å²) >= 11 is 0. The monoisotopic (exact) mass is 451 g/mol. The van der Waals surface area contributed by atoms with Crippen LogP contribution in [0.15, 0.2) is 60.7 Å². The average Bonchev–Trinajstić information content (AvgIpc) is 2.87. The maximum absolute atomic E-state index is 12.7. The Morgan fingerprint density at radius 2 is 1.67 bits per heavy atom. The molecule has 1 atom stereocenters. The number of carbonyl (C=O) groups is 2. The highest BCUT2D eigenvalue weighted by Gasteiger charge is 2.28. The number of nitrogens with zero attached hydrogens (tertiary/aromatic N) is 2. The SMILES string of the molecule is O=C(NCC1CN(Cc2ccccc2)CCO1)C1CCN(C(=O)COc2ccccc2)CC1. The first-order chi connectivity index (χ1) is 16.2. The molecule has 2 aliphatic rings. The Morgan fingerprint density at radius 1 is 0.970 bits per heavy atom. The molecule has 0 aliphatic carbocycles. The van der Waals surface area contributed by atoms with Gasteiger partial charge in [0.2, 0.25) is 5.91 Å². The van der Waals surface area contributed by atoms with E-state index in [9.17, 15) is 9.59 Å². The van der Waals surface area contributed by atoms with Crippen LogP contribution in [0, 0.1) is 5.92 Å². The zero-order valence-electron chi connectivity index (χ0n) is 19.0. The van der Waals surface area contributed by atoms with E-state index in [1.54, 1.807) is 4.90 Å². The van der Waals surface area contributed by atoms with E-state index in [2.05, 4.69) is 34.5 Å². The summed E-state index contributed by atoms with van der Waals surface area (Å²) in [7, 11) is 0. The number of amides is 2. The minimum absolute atomic E-state index is 0.00298. The molecule has 2 saturated heterocycles. The molecule has 7 nitrogen and oxygen atoms in total. The van der Waals surface area contributed by atoms with Gasteiger partial charge in [-0.05, 0) is 30.5 Å². The molecule has 0 saturated carbocycles. The standard InChI is InChI=1S/C26H33N3O4/c30-25(20-33-23-9-5-2-6-10-23)29-13-11-22(12-14-29)26(31)27-17-24-19-28(15-16-32-24)18-21-7-3-1-4-8-21/h1-10,22,24H,11-20H2,(H,27,31). The second-order valence-electron chi connectivity index (χ2n) is 8.72. The lowest BCUT2D eigenvalue weighted by Gasteiger charge is -2.34. The van der Waals surface area contributed by atoms with Crippen molar-refractivity contribution in [2.45, 2.75) is 25.5 Å². The molecular weight excluding hydrogens is 418 g/mol. The molecule has 2 aliphatic heterocycles. The first-order valence-corrected chi connectivity index (χ1v) is 11.8. The van der Waals surface area contributed by atoms with Crippen molar-refractivity contribution in [1.82, 2.24) is 15.1 Å². The number of para-hydroxylation sites is 1. The minimum Gasteiger partial charge on any atom is -0.484 e.